The monoisotopic (exact) mass is 186 g/mol. The number of aromatic nitrogens is 1. The molecule has 1 heterocycles. The molecule has 2 rings (SSSR count). The largest absolute Gasteiger partial charge is 0.314 e. The predicted octanol–water partition coefficient (Wildman–Crippen LogP) is 2.26. The van der Waals surface area contributed by atoms with Gasteiger partial charge in [0.05, 0.1) is 5.69 Å². The van der Waals surface area contributed by atoms with Crippen LogP contribution in [0.3, 0.4) is 0 Å². The van der Waals surface area contributed by atoms with Crippen molar-refractivity contribution in [2.24, 2.45) is 0 Å². The molecule has 0 saturated carbocycles. The summed E-state index contributed by atoms with van der Waals surface area (Å²) in [5, 5.41) is 5.69. The van der Waals surface area contributed by atoms with Gasteiger partial charge in [-0.15, -0.1) is 0 Å². The van der Waals surface area contributed by atoms with E-state index in [4.69, 9.17) is 0 Å². The summed E-state index contributed by atoms with van der Waals surface area (Å²) in [6, 6.07) is 8.40. The summed E-state index contributed by atoms with van der Waals surface area (Å²) in [7, 11) is 1.94. The van der Waals surface area contributed by atoms with Crippen molar-refractivity contribution in [2.75, 3.05) is 7.05 Å². The Kier molecular flexibility index (Phi) is 2.46. The first-order valence-corrected chi connectivity index (χ1v) is 4.80. The lowest BCUT2D eigenvalue weighted by molar-refractivity contribution is 0.798. The van der Waals surface area contributed by atoms with Crippen LogP contribution in [0.15, 0.2) is 30.5 Å². The minimum atomic E-state index is 0.822. The molecule has 14 heavy (non-hydrogen) atoms. The van der Waals surface area contributed by atoms with Gasteiger partial charge >= 0.3 is 0 Å². The van der Waals surface area contributed by atoms with Crippen molar-refractivity contribution in [1.29, 1.82) is 0 Å². The number of nitrogens with zero attached hydrogens (tertiary/aromatic N) is 1. The third-order valence-corrected chi connectivity index (χ3v) is 2.42. The number of hydrogen-bond acceptors (Lipinski definition) is 2. The summed E-state index contributed by atoms with van der Waals surface area (Å²) >= 11 is 0. The highest BCUT2D eigenvalue weighted by Crippen LogP contribution is 2.20. The molecule has 2 nitrogen and oxygen atoms in total. The first-order valence-electron chi connectivity index (χ1n) is 4.80. The molecule has 0 saturated heterocycles. The molecule has 0 aliphatic heterocycles. The molecule has 72 valence electrons. The van der Waals surface area contributed by atoms with Crippen molar-refractivity contribution in [2.45, 2.75) is 13.5 Å². The standard InChI is InChI=1S/C12H14N2/c1-9-4-3-5-10-6-7-14-11(8-13-2)12(9)10/h3-7,13H,8H2,1-2H3. The number of benzene rings is 1. The van der Waals surface area contributed by atoms with Gasteiger partial charge in [0.15, 0.2) is 0 Å². The van der Waals surface area contributed by atoms with Gasteiger partial charge in [-0.3, -0.25) is 4.98 Å². The molecule has 0 bridgehead atoms. The second-order valence-corrected chi connectivity index (χ2v) is 3.46. The zero-order chi connectivity index (χ0) is 9.97. The lowest BCUT2D eigenvalue weighted by atomic mass is 10.0. The van der Waals surface area contributed by atoms with E-state index < -0.39 is 0 Å². The highest BCUT2D eigenvalue weighted by Gasteiger charge is 2.03. The van der Waals surface area contributed by atoms with Crippen LogP contribution in [-0.4, -0.2) is 12.0 Å². The first-order chi connectivity index (χ1) is 6.83. The van der Waals surface area contributed by atoms with Crippen molar-refractivity contribution in [3.63, 3.8) is 0 Å². The normalized spacial score (nSPS) is 10.7. The molecule has 0 unspecified atom stereocenters. The molecule has 0 aliphatic rings. The summed E-state index contributed by atoms with van der Waals surface area (Å²) in [5.74, 6) is 0. The van der Waals surface area contributed by atoms with Crippen LogP contribution < -0.4 is 5.32 Å². The molecule has 2 aromatic rings. The molecule has 0 aliphatic carbocycles. The fraction of sp³-hybridized carbons (Fsp3) is 0.250. The maximum absolute atomic E-state index is 4.39. The van der Waals surface area contributed by atoms with Gasteiger partial charge in [-0.2, -0.15) is 0 Å². The molecule has 0 spiro atoms. The molecule has 1 aromatic carbocycles. The van der Waals surface area contributed by atoms with Gasteiger partial charge < -0.3 is 5.32 Å². The van der Waals surface area contributed by atoms with Crippen molar-refractivity contribution in [3.8, 4) is 0 Å². The van der Waals surface area contributed by atoms with Gasteiger partial charge in [0.2, 0.25) is 0 Å². The summed E-state index contributed by atoms with van der Waals surface area (Å²) in [4.78, 5) is 4.39. The fourth-order valence-electron chi connectivity index (χ4n) is 1.80. The van der Waals surface area contributed by atoms with E-state index in [1.54, 1.807) is 0 Å². The van der Waals surface area contributed by atoms with E-state index in [-0.39, 0.29) is 0 Å². The zero-order valence-corrected chi connectivity index (χ0v) is 8.54. The smallest absolute Gasteiger partial charge is 0.0622 e. The van der Waals surface area contributed by atoms with Crippen LogP contribution in [0.25, 0.3) is 10.8 Å². The Morgan fingerprint density at radius 2 is 2.14 bits per heavy atom. The number of nitrogens with one attached hydrogen (secondary N) is 1. The number of rotatable bonds is 2. The van der Waals surface area contributed by atoms with Gasteiger partial charge in [0.25, 0.3) is 0 Å². The molecule has 0 fully saturated rings. The second-order valence-electron chi connectivity index (χ2n) is 3.46. The average molecular weight is 186 g/mol. The SMILES string of the molecule is CNCc1nccc2cccc(C)c12. The first kappa shape index (κ1) is 9.16. The van der Waals surface area contributed by atoms with Gasteiger partial charge in [-0.25, -0.2) is 0 Å². The third kappa shape index (κ3) is 1.49. The topological polar surface area (TPSA) is 24.9 Å². The minimum Gasteiger partial charge on any atom is -0.314 e. The van der Waals surface area contributed by atoms with E-state index in [9.17, 15) is 0 Å². The van der Waals surface area contributed by atoms with E-state index in [2.05, 4.69) is 41.5 Å². The average Bonchev–Trinajstić information content (AvgIpc) is 2.19. The van der Waals surface area contributed by atoms with E-state index in [0.717, 1.165) is 12.2 Å². The molecule has 0 amide bonds. The van der Waals surface area contributed by atoms with Crippen molar-refractivity contribution < 1.29 is 0 Å². The van der Waals surface area contributed by atoms with Crippen LogP contribution in [0.4, 0.5) is 0 Å². The van der Waals surface area contributed by atoms with Crippen molar-refractivity contribution in [1.82, 2.24) is 10.3 Å². The lowest BCUT2D eigenvalue weighted by Crippen LogP contribution is -2.07. The Morgan fingerprint density at radius 3 is 2.93 bits per heavy atom. The van der Waals surface area contributed by atoms with Crippen LogP contribution in [-0.2, 0) is 6.54 Å². The number of fused-ring (bicyclic) bond motifs is 1. The van der Waals surface area contributed by atoms with Gasteiger partial charge in [0, 0.05) is 18.1 Å². The zero-order valence-electron chi connectivity index (χ0n) is 8.54. The van der Waals surface area contributed by atoms with E-state index in [1.807, 2.05) is 13.2 Å². The Balaban J connectivity index is 2.71. The summed E-state index contributed by atoms with van der Waals surface area (Å²) in [5.41, 5.74) is 2.42. The minimum absolute atomic E-state index is 0.822. The Labute approximate surface area is 84.0 Å². The number of pyridine rings is 1. The van der Waals surface area contributed by atoms with Crippen LogP contribution in [0.5, 0.6) is 0 Å². The number of aryl methyl sites for hydroxylation is 1. The quantitative estimate of drug-likeness (QED) is 0.778. The molecule has 2 heteroatoms. The summed E-state index contributed by atoms with van der Waals surface area (Å²) in [6.45, 7) is 2.95. The molecule has 0 atom stereocenters. The molecule has 0 radical (unpaired) electrons. The Hall–Kier alpha value is -1.41. The third-order valence-electron chi connectivity index (χ3n) is 2.42. The van der Waals surface area contributed by atoms with Gasteiger partial charge in [0.1, 0.15) is 0 Å². The highest BCUT2D eigenvalue weighted by molar-refractivity contribution is 5.87. The van der Waals surface area contributed by atoms with Crippen LogP contribution in [0, 0.1) is 6.92 Å². The van der Waals surface area contributed by atoms with E-state index in [0.29, 0.717) is 0 Å². The Bertz CT molecular complexity index is 444. The predicted molar refractivity (Wildman–Crippen MR) is 59.2 cm³/mol. The number of hydrogen-bond donors (Lipinski definition) is 1. The van der Waals surface area contributed by atoms with Crippen LogP contribution >= 0.6 is 0 Å². The highest BCUT2D eigenvalue weighted by atomic mass is 14.8. The van der Waals surface area contributed by atoms with Gasteiger partial charge in [-0.1, -0.05) is 18.2 Å². The molecular weight excluding hydrogens is 172 g/mol. The fourth-order valence-corrected chi connectivity index (χ4v) is 1.80. The summed E-state index contributed by atoms with van der Waals surface area (Å²) < 4.78 is 0. The summed E-state index contributed by atoms with van der Waals surface area (Å²) in [6.07, 6.45) is 1.87. The van der Waals surface area contributed by atoms with E-state index >= 15 is 0 Å². The van der Waals surface area contributed by atoms with Crippen LogP contribution in [0.1, 0.15) is 11.3 Å². The molecule has 1 N–H and O–H groups in total. The maximum Gasteiger partial charge on any atom is 0.0622 e. The van der Waals surface area contributed by atoms with Crippen molar-refractivity contribution >= 4 is 10.8 Å². The van der Waals surface area contributed by atoms with Gasteiger partial charge in [-0.05, 0) is 31.0 Å². The maximum atomic E-state index is 4.39. The van der Waals surface area contributed by atoms with Crippen molar-refractivity contribution in [3.05, 3.63) is 41.7 Å². The van der Waals surface area contributed by atoms with Crippen LogP contribution in [0.2, 0.25) is 0 Å². The van der Waals surface area contributed by atoms with E-state index in [1.165, 1.54) is 16.3 Å². The second kappa shape index (κ2) is 3.76. The lowest BCUT2D eigenvalue weighted by Gasteiger charge is -2.07. The Morgan fingerprint density at radius 1 is 1.29 bits per heavy atom. The molecular formula is C12H14N2. The molecule has 1 aromatic heterocycles.